The van der Waals surface area contributed by atoms with E-state index in [0.29, 0.717) is 38.5 Å². The Hall–Kier alpha value is -1.63. The summed E-state index contributed by atoms with van der Waals surface area (Å²) in [6.45, 7) is 8.83. The lowest BCUT2D eigenvalue weighted by Crippen LogP contribution is -2.37. The number of nitrogens with two attached hydrogens (primary N) is 1. The van der Waals surface area contributed by atoms with Gasteiger partial charge >= 0.3 is 0 Å². The second kappa shape index (κ2) is 8.13. The Balaban J connectivity index is 1.79. The van der Waals surface area contributed by atoms with Crippen LogP contribution in [0.25, 0.3) is 10.3 Å². The highest BCUT2D eigenvalue weighted by Crippen LogP contribution is 2.47. The van der Waals surface area contributed by atoms with Gasteiger partial charge in [0.25, 0.3) is 0 Å². The number of aryl methyl sites for hydroxylation is 1. The van der Waals surface area contributed by atoms with Crippen LogP contribution in [0.1, 0.15) is 52.3 Å². The maximum absolute atomic E-state index is 6.65. The highest BCUT2D eigenvalue weighted by atomic mass is 35.5. The van der Waals surface area contributed by atoms with Crippen molar-refractivity contribution in [3.63, 3.8) is 0 Å². The van der Waals surface area contributed by atoms with Crippen molar-refractivity contribution < 1.29 is 0 Å². The van der Waals surface area contributed by atoms with Crippen molar-refractivity contribution in [2.45, 2.75) is 59.4 Å². The molecule has 0 aliphatic heterocycles. The van der Waals surface area contributed by atoms with Crippen LogP contribution in [0.2, 0.25) is 10.0 Å². The van der Waals surface area contributed by atoms with Crippen LogP contribution in [0.3, 0.4) is 0 Å². The fourth-order valence-corrected chi connectivity index (χ4v) is 6.05. The van der Waals surface area contributed by atoms with Gasteiger partial charge in [-0.3, -0.25) is 0 Å². The average Bonchev–Trinajstić information content (AvgIpc) is 3.08. The molecule has 1 aliphatic rings. The van der Waals surface area contributed by atoms with Gasteiger partial charge in [0.15, 0.2) is 15.8 Å². The van der Waals surface area contributed by atoms with Gasteiger partial charge < -0.3 is 10.6 Å². The normalized spacial score (nSPS) is 19.9. The molecule has 0 unspecified atom stereocenters. The summed E-state index contributed by atoms with van der Waals surface area (Å²) in [5, 5.41) is 2.05. The van der Waals surface area contributed by atoms with Crippen LogP contribution < -0.4 is 10.6 Å². The predicted octanol–water partition coefficient (Wildman–Crippen LogP) is 7.03. The predicted molar refractivity (Wildman–Crippen MR) is 128 cm³/mol. The first-order chi connectivity index (χ1) is 14.1. The summed E-state index contributed by atoms with van der Waals surface area (Å²) < 4.78 is 0. The molecular formula is C22H27Cl2N5S. The number of anilines is 3. The van der Waals surface area contributed by atoms with Gasteiger partial charge in [-0.25, -0.2) is 15.0 Å². The van der Waals surface area contributed by atoms with Gasteiger partial charge in [0.1, 0.15) is 11.3 Å². The van der Waals surface area contributed by atoms with E-state index in [1.807, 2.05) is 25.1 Å². The molecule has 5 nitrogen and oxygen atoms in total. The number of thiazole rings is 1. The van der Waals surface area contributed by atoms with Crippen molar-refractivity contribution in [2.24, 2.45) is 11.3 Å². The molecule has 3 aromatic rings. The third-order valence-electron chi connectivity index (χ3n) is 6.06. The summed E-state index contributed by atoms with van der Waals surface area (Å²) in [5.74, 6) is 1.75. The molecule has 0 radical (unpaired) electrons. The molecule has 160 valence electrons. The molecule has 0 saturated heterocycles. The Morgan fingerprint density at radius 2 is 1.67 bits per heavy atom. The molecule has 0 spiro atoms. The topological polar surface area (TPSA) is 67.9 Å². The molecule has 1 fully saturated rings. The zero-order valence-corrected chi connectivity index (χ0v) is 20.1. The standard InChI is InChI=1S/C22H27Cl2N5S/c1-12-26-19(25)17-20(27-12)30-21(28-17)29(18-15(23)6-5-7-16(18)24)14-10-8-13(9-11-14)22(2,3)4/h5-7,13-14H,8-11H2,1-4H3,(H2,25,26,27). The van der Waals surface area contributed by atoms with Crippen LogP contribution in [0, 0.1) is 18.3 Å². The molecule has 0 atom stereocenters. The van der Waals surface area contributed by atoms with Gasteiger partial charge in [0, 0.05) is 6.04 Å². The fraction of sp³-hybridized carbons (Fsp3) is 0.500. The van der Waals surface area contributed by atoms with Crippen molar-refractivity contribution in [3.8, 4) is 0 Å². The highest BCUT2D eigenvalue weighted by Gasteiger charge is 2.35. The number of nitrogen functional groups attached to an aromatic ring is 1. The van der Waals surface area contributed by atoms with Gasteiger partial charge in [0.2, 0.25) is 0 Å². The summed E-state index contributed by atoms with van der Waals surface area (Å²) in [4.78, 5) is 16.6. The molecule has 2 heterocycles. The number of rotatable bonds is 3. The van der Waals surface area contributed by atoms with Gasteiger partial charge in [-0.2, -0.15) is 0 Å². The molecular weight excluding hydrogens is 437 g/mol. The smallest absolute Gasteiger partial charge is 0.192 e. The number of benzene rings is 1. The molecule has 1 saturated carbocycles. The van der Waals surface area contributed by atoms with Crippen LogP contribution in [-0.2, 0) is 0 Å². The summed E-state index contributed by atoms with van der Waals surface area (Å²) in [6.07, 6.45) is 4.44. The number of nitrogens with zero attached hydrogens (tertiary/aromatic N) is 4. The highest BCUT2D eigenvalue weighted by molar-refractivity contribution is 7.22. The molecule has 1 aromatic carbocycles. The summed E-state index contributed by atoms with van der Waals surface area (Å²) in [5.41, 5.74) is 7.89. The van der Waals surface area contributed by atoms with Crippen molar-refractivity contribution in [1.29, 1.82) is 0 Å². The Morgan fingerprint density at radius 3 is 2.27 bits per heavy atom. The Kier molecular flexibility index (Phi) is 5.86. The molecule has 0 amide bonds. The van der Waals surface area contributed by atoms with Crippen molar-refractivity contribution in [2.75, 3.05) is 10.6 Å². The summed E-state index contributed by atoms with van der Waals surface area (Å²) in [7, 11) is 0. The van der Waals surface area contributed by atoms with E-state index in [9.17, 15) is 0 Å². The van der Waals surface area contributed by atoms with E-state index >= 15 is 0 Å². The van der Waals surface area contributed by atoms with E-state index in [1.165, 1.54) is 24.2 Å². The van der Waals surface area contributed by atoms with Gasteiger partial charge in [-0.15, -0.1) is 0 Å². The maximum atomic E-state index is 6.65. The third-order valence-corrected chi connectivity index (χ3v) is 7.62. The lowest BCUT2D eigenvalue weighted by atomic mass is 9.71. The molecule has 0 bridgehead atoms. The minimum Gasteiger partial charge on any atom is -0.382 e. The first-order valence-corrected chi connectivity index (χ1v) is 11.9. The SMILES string of the molecule is Cc1nc(N)c2nc(N(c3c(Cl)cccc3Cl)C3CCC(C(C)(C)C)CC3)sc2n1. The number of halogens is 2. The lowest BCUT2D eigenvalue weighted by Gasteiger charge is -2.41. The van der Waals surface area contributed by atoms with Crippen LogP contribution >= 0.6 is 34.5 Å². The van der Waals surface area contributed by atoms with E-state index in [1.54, 1.807) is 0 Å². The van der Waals surface area contributed by atoms with Gasteiger partial charge in [-0.1, -0.05) is 61.4 Å². The van der Waals surface area contributed by atoms with Crippen LogP contribution in [0.15, 0.2) is 18.2 Å². The molecule has 8 heteroatoms. The first-order valence-electron chi connectivity index (χ1n) is 10.3. The van der Waals surface area contributed by atoms with Crippen molar-refractivity contribution in [3.05, 3.63) is 34.1 Å². The Bertz CT molecular complexity index is 1050. The maximum Gasteiger partial charge on any atom is 0.192 e. The van der Waals surface area contributed by atoms with Crippen LogP contribution in [0.4, 0.5) is 16.6 Å². The number of hydrogen-bond donors (Lipinski definition) is 1. The minimum atomic E-state index is 0.261. The Morgan fingerprint density at radius 1 is 1.03 bits per heavy atom. The average molecular weight is 464 g/mol. The van der Waals surface area contributed by atoms with Gasteiger partial charge in [0.05, 0.1) is 15.7 Å². The van der Waals surface area contributed by atoms with E-state index in [2.05, 4.69) is 35.6 Å². The number of para-hydroxylation sites is 1. The zero-order chi connectivity index (χ0) is 21.6. The van der Waals surface area contributed by atoms with Crippen LogP contribution in [0.5, 0.6) is 0 Å². The molecule has 4 rings (SSSR count). The molecule has 2 N–H and O–H groups in total. The molecule has 1 aliphatic carbocycles. The van der Waals surface area contributed by atoms with E-state index < -0.39 is 0 Å². The van der Waals surface area contributed by atoms with E-state index in [0.717, 1.165) is 28.5 Å². The second-order valence-electron chi connectivity index (χ2n) is 9.12. The molecule has 2 aromatic heterocycles. The van der Waals surface area contributed by atoms with Gasteiger partial charge in [-0.05, 0) is 56.1 Å². The first kappa shape index (κ1) is 21.6. The number of hydrogen-bond acceptors (Lipinski definition) is 6. The van der Waals surface area contributed by atoms with E-state index in [4.69, 9.17) is 33.9 Å². The van der Waals surface area contributed by atoms with Crippen LogP contribution in [-0.4, -0.2) is 21.0 Å². The Labute approximate surface area is 191 Å². The zero-order valence-electron chi connectivity index (χ0n) is 17.7. The third kappa shape index (κ3) is 4.10. The summed E-state index contributed by atoms with van der Waals surface area (Å²) in [6, 6.07) is 5.88. The second-order valence-corrected chi connectivity index (χ2v) is 10.9. The van der Waals surface area contributed by atoms with Crippen molar-refractivity contribution in [1.82, 2.24) is 15.0 Å². The minimum absolute atomic E-state index is 0.261. The number of fused-ring (bicyclic) bond motifs is 1. The fourth-order valence-electron chi connectivity index (χ4n) is 4.40. The van der Waals surface area contributed by atoms with E-state index in [-0.39, 0.29) is 6.04 Å². The lowest BCUT2D eigenvalue weighted by molar-refractivity contribution is 0.169. The largest absolute Gasteiger partial charge is 0.382 e. The van der Waals surface area contributed by atoms with Crippen molar-refractivity contribution >= 4 is 61.5 Å². The molecule has 30 heavy (non-hydrogen) atoms. The summed E-state index contributed by atoms with van der Waals surface area (Å²) >= 11 is 14.8. The number of aromatic nitrogens is 3. The quantitative estimate of drug-likeness (QED) is 0.451. The monoisotopic (exact) mass is 463 g/mol.